The first-order chi connectivity index (χ1) is 19.2. The molecule has 0 unspecified atom stereocenters. The van der Waals surface area contributed by atoms with Crippen molar-refractivity contribution in [2.45, 2.75) is 70.1 Å². The smallest absolute Gasteiger partial charge is 0.322 e. The molecule has 39 heavy (non-hydrogen) atoms. The normalized spacial score (nSPS) is 19.6. The summed E-state index contributed by atoms with van der Waals surface area (Å²) in [6.07, 6.45) is 9.21. The number of aromatic nitrogens is 1. The lowest BCUT2D eigenvalue weighted by molar-refractivity contribution is 0.221. The zero-order valence-corrected chi connectivity index (χ0v) is 22.6. The number of pyridine rings is 1. The molecule has 2 amide bonds. The van der Waals surface area contributed by atoms with Gasteiger partial charge in [-0.25, -0.2) is 9.78 Å². The summed E-state index contributed by atoms with van der Waals surface area (Å²) in [7, 11) is 0. The van der Waals surface area contributed by atoms with Crippen LogP contribution in [0.2, 0.25) is 0 Å². The van der Waals surface area contributed by atoms with E-state index in [1.807, 2.05) is 41.3 Å². The second-order valence-electron chi connectivity index (χ2n) is 10.7. The van der Waals surface area contributed by atoms with Gasteiger partial charge in [0.2, 0.25) is 0 Å². The van der Waals surface area contributed by atoms with E-state index in [0.29, 0.717) is 18.2 Å². The van der Waals surface area contributed by atoms with Crippen LogP contribution in [0.4, 0.5) is 16.3 Å². The Morgan fingerprint density at radius 2 is 1.67 bits per heavy atom. The molecule has 3 aromatic rings. The second-order valence-corrected chi connectivity index (χ2v) is 10.7. The summed E-state index contributed by atoms with van der Waals surface area (Å²) in [5.41, 5.74) is 3.90. The number of hydrogen-bond acceptors (Lipinski definition) is 5. The minimum atomic E-state index is -0.0483. The highest BCUT2D eigenvalue weighted by Crippen LogP contribution is 2.30. The van der Waals surface area contributed by atoms with Gasteiger partial charge in [0, 0.05) is 37.1 Å². The summed E-state index contributed by atoms with van der Waals surface area (Å²) in [5.74, 6) is 0.791. The Hall–Kier alpha value is -3.89. The lowest BCUT2D eigenvalue weighted by Gasteiger charge is -2.37. The summed E-state index contributed by atoms with van der Waals surface area (Å²) >= 11 is 0. The molecular weight excluding hydrogens is 484 g/mol. The molecule has 0 radical (unpaired) electrons. The fourth-order valence-corrected chi connectivity index (χ4v) is 5.72. The lowest BCUT2D eigenvalue weighted by Crippen LogP contribution is -2.48. The molecule has 1 saturated heterocycles. The zero-order chi connectivity index (χ0) is 26.9. The molecule has 2 N–H and O–H groups in total. The van der Waals surface area contributed by atoms with Crippen LogP contribution in [0, 0.1) is 11.3 Å². The van der Waals surface area contributed by atoms with Crippen LogP contribution in [0.15, 0.2) is 72.9 Å². The standard InChI is InChI=1S/C32H38N6O/c33-21-27-11-18-31(34-23-27)36-28-12-16-30(17-13-28)38(32(39)35-22-25-7-3-1-4-8-25)29-14-9-26(10-15-29)24-37-19-5-2-6-20-37/h1,3-4,7-11,14-15,18,23,28,30H,2,5-6,12-13,16-17,19-20,22,24H2,(H,34,36)(H,35,39). The molecule has 202 valence electrons. The van der Waals surface area contributed by atoms with Gasteiger partial charge in [-0.1, -0.05) is 48.9 Å². The highest BCUT2D eigenvalue weighted by Gasteiger charge is 2.30. The van der Waals surface area contributed by atoms with Gasteiger partial charge < -0.3 is 10.6 Å². The maximum absolute atomic E-state index is 13.6. The first kappa shape index (κ1) is 26.7. The van der Waals surface area contributed by atoms with E-state index >= 15 is 0 Å². The molecule has 1 aromatic heterocycles. The number of anilines is 2. The Morgan fingerprint density at radius 1 is 0.923 bits per heavy atom. The zero-order valence-electron chi connectivity index (χ0n) is 22.6. The third kappa shape index (κ3) is 7.36. The lowest BCUT2D eigenvalue weighted by atomic mass is 9.89. The van der Waals surface area contributed by atoms with Crippen molar-refractivity contribution in [2.75, 3.05) is 23.3 Å². The molecule has 7 nitrogen and oxygen atoms in total. The minimum Gasteiger partial charge on any atom is -0.367 e. The van der Waals surface area contributed by atoms with Gasteiger partial charge in [-0.2, -0.15) is 5.26 Å². The molecule has 2 aromatic carbocycles. The van der Waals surface area contributed by atoms with E-state index in [1.54, 1.807) is 12.3 Å². The van der Waals surface area contributed by atoms with E-state index in [-0.39, 0.29) is 12.1 Å². The van der Waals surface area contributed by atoms with E-state index in [2.05, 4.69) is 50.9 Å². The number of benzene rings is 2. The Bertz CT molecular complexity index is 1220. The molecule has 7 heteroatoms. The predicted molar refractivity (Wildman–Crippen MR) is 155 cm³/mol. The van der Waals surface area contributed by atoms with E-state index in [4.69, 9.17) is 5.26 Å². The monoisotopic (exact) mass is 522 g/mol. The maximum atomic E-state index is 13.6. The van der Waals surface area contributed by atoms with Crippen LogP contribution < -0.4 is 15.5 Å². The van der Waals surface area contributed by atoms with Crippen molar-refractivity contribution < 1.29 is 4.79 Å². The molecule has 2 fully saturated rings. The van der Waals surface area contributed by atoms with Crippen molar-refractivity contribution in [2.24, 2.45) is 0 Å². The minimum absolute atomic E-state index is 0.0483. The number of nitriles is 1. The fraction of sp³-hybridized carbons (Fsp3) is 0.406. The van der Waals surface area contributed by atoms with Crippen LogP contribution >= 0.6 is 0 Å². The first-order valence-electron chi connectivity index (χ1n) is 14.2. The molecule has 2 heterocycles. The number of urea groups is 1. The highest BCUT2D eigenvalue weighted by molar-refractivity contribution is 5.92. The number of amides is 2. The largest absolute Gasteiger partial charge is 0.367 e. The quantitative estimate of drug-likeness (QED) is 0.375. The molecule has 1 aliphatic carbocycles. The van der Waals surface area contributed by atoms with Crippen LogP contribution in [0.5, 0.6) is 0 Å². The van der Waals surface area contributed by atoms with Crippen LogP contribution in [0.3, 0.4) is 0 Å². The Kier molecular flexibility index (Phi) is 9.08. The van der Waals surface area contributed by atoms with Crippen molar-refractivity contribution >= 4 is 17.5 Å². The molecule has 1 aliphatic heterocycles. The summed E-state index contributed by atoms with van der Waals surface area (Å²) in [4.78, 5) is 22.5. The van der Waals surface area contributed by atoms with E-state index in [1.165, 1.54) is 37.9 Å². The summed E-state index contributed by atoms with van der Waals surface area (Å²) < 4.78 is 0. The van der Waals surface area contributed by atoms with E-state index in [9.17, 15) is 4.79 Å². The Labute approximate surface area is 231 Å². The highest BCUT2D eigenvalue weighted by atomic mass is 16.2. The predicted octanol–water partition coefficient (Wildman–Crippen LogP) is 6.08. The maximum Gasteiger partial charge on any atom is 0.322 e. The molecule has 5 rings (SSSR count). The van der Waals surface area contributed by atoms with Gasteiger partial charge in [0.1, 0.15) is 11.9 Å². The number of carbonyl (C=O) groups is 1. The Balaban J connectivity index is 1.25. The van der Waals surface area contributed by atoms with Crippen molar-refractivity contribution in [3.8, 4) is 6.07 Å². The number of nitrogens with zero attached hydrogens (tertiary/aromatic N) is 4. The number of carbonyl (C=O) groups excluding carboxylic acids is 1. The summed E-state index contributed by atoms with van der Waals surface area (Å²) in [6.45, 7) is 3.82. The third-order valence-corrected chi connectivity index (χ3v) is 7.88. The summed E-state index contributed by atoms with van der Waals surface area (Å²) in [6, 6.07) is 24.8. The number of nitrogens with one attached hydrogen (secondary N) is 2. The first-order valence-corrected chi connectivity index (χ1v) is 14.2. The van der Waals surface area contributed by atoms with E-state index in [0.717, 1.165) is 49.3 Å². The van der Waals surface area contributed by atoms with Gasteiger partial charge in [-0.05, 0) is 87.0 Å². The average Bonchev–Trinajstić information content (AvgIpc) is 2.99. The number of likely N-dealkylation sites (tertiary alicyclic amines) is 1. The van der Waals surface area contributed by atoms with Crippen molar-refractivity contribution in [3.05, 3.63) is 89.6 Å². The van der Waals surface area contributed by atoms with Gasteiger partial charge >= 0.3 is 6.03 Å². The molecule has 0 atom stereocenters. The van der Waals surface area contributed by atoms with Gasteiger partial charge in [0.25, 0.3) is 0 Å². The molecular formula is C32H38N6O. The van der Waals surface area contributed by atoms with Gasteiger partial charge in [-0.15, -0.1) is 0 Å². The number of piperidine rings is 1. The van der Waals surface area contributed by atoms with Gasteiger partial charge in [-0.3, -0.25) is 9.80 Å². The van der Waals surface area contributed by atoms with Crippen molar-refractivity contribution in [1.29, 1.82) is 5.26 Å². The van der Waals surface area contributed by atoms with E-state index < -0.39 is 0 Å². The van der Waals surface area contributed by atoms with Crippen LogP contribution in [0.1, 0.15) is 61.6 Å². The second kappa shape index (κ2) is 13.3. The Morgan fingerprint density at radius 3 is 2.33 bits per heavy atom. The van der Waals surface area contributed by atoms with Gasteiger partial charge in [0.05, 0.1) is 5.56 Å². The fourth-order valence-electron chi connectivity index (χ4n) is 5.72. The van der Waals surface area contributed by atoms with Crippen LogP contribution in [0.25, 0.3) is 0 Å². The topological polar surface area (TPSA) is 84.3 Å². The SMILES string of the molecule is N#Cc1ccc(NC2CCC(N(C(=O)NCc3ccccc3)c3ccc(CN4CCCCC4)cc3)CC2)nc1. The summed E-state index contributed by atoms with van der Waals surface area (Å²) in [5, 5.41) is 15.7. The third-order valence-electron chi connectivity index (χ3n) is 7.88. The molecule has 2 aliphatic rings. The number of rotatable bonds is 8. The van der Waals surface area contributed by atoms with Crippen LogP contribution in [-0.4, -0.2) is 41.1 Å². The molecule has 0 bridgehead atoms. The molecule has 0 spiro atoms. The molecule has 1 saturated carbocycles. The van der Waals surface area contributed by atoms with Crippen molar-refractivity contribution in [1.82, 2.24) is 15.2 Å². The average molecular weight is 523 g/mol. The van der Waals surface area contributed by atoms with Gasteiger partial charge in [0.15, 0.2) is 0 Å². The van der Waals surface area contributed by atoms with Crippen molar-refractivity contribution in [3.63, 3.8) is 0 Å². The number of hydrogen-bond donors (Lipinski definition) is 2. The van der Waals surface area contributed by atoms with Crippen LogP contribution in [-0.2, 0) is 13.1 Å².